The van der Waals surface area contributed by atoms with Gasteiger partial charge in [0.15, 0.2) is 0 Å². The molecule has 6 nitrogen and oxygen atoms in total. The van der Waals surface area contributed by atoms with E-state index < -0.39 is 13.7 Å². The molecule has 1 aromatic rings. The number of rotatable bonds is 5. The van der Waals surface area contributed by atoms with Crippen molar-refractivity contribution < 1.29 is 23.1 Å². The summed E-state index contributed by atoms with van der Waals surface area (Å²) in [5, 5.41) is 0. The first-order valence-electron chi connectivity index (χ1n) is 4.97. The van der Waals surface area contributed by atoms with E-state index in [1.807, 2.05) is 0 Å². The summed E-state index contributed by atoms with van der Waals surface area (Å²) in [6, 6.07) is 6.47. The van der Waals surface area contributed by atoms with Crippen molar-refractivity contribution in [3.8, 4) is 5.75 Å². The van der Waals surface area contributed by atoms with Crippen LogP contribution in [0.15, 0.2) is 30.3 Å². The van der Waals surface area contributed by atoms with Crippen LogP contribution in [0.25, 0.3) is 6.08 Å². The van der Waals surface area contributed by atoms with Gasteiger partial charge in [0.25, 0.3) is 0 Å². The summed E-state index contributed by atoms with van der Waals surface area (Å²) in [5.41, 5.74) is 6.00. The minimum Gasteiger partial charge on any atom is -0.466 e. The lowest BCUT2D eigenvalue weighted by Gasteiger charge is -2.11. The summed E-state index contributed by atoms with van der Waals surface area (Å²) < 4.78 is 25.3. The smallest absolute Gasteiger partial charge is 0.455 e. The fourth-order valence-corrected chi connectivity index (χ4v) is 1.55. The second-order valence-electron chi connectivity index (χ2n) is 3.24. The molecule has 0 aliphatic carbocycles. The second kappa shape index (κ2) is 6.35. The van der Waals surface area contributed by atoms with Gasteiger partial charge in [0, 0.05) is 13.2 Å². The standard InChI is InChI=1S/C11H14NO5P/c1-15-11(13)8-5-9-3-6-10(7-4-9)17-18(12,14)16-2/h3-8H,1-2H3,(H2,12,14)/t18-/m1/s1. The van der Waals surface area contributed by atoms with Crippen LogP contribution in [0.3, 0.4) is 0 Å². The molecule has 0 radical (unpaired) electrons. The van der Waals surface area contributed by atoms with Crippen LogP contribution in [-0.2, 0) is 18.6 Å². The summed E-state index contributed by atoms with van der Waals surface area (Å²) in [4.78, 5) is 10.9. The van der Waals surface area contributed by atoms with Gasteiger partial charge in [-0.1, -0.05) is 12.1 Å². The number of hydrogen-bond acceptors (Lipinski definition) is 5. The zero-order valence-electron chi connectivity index (χ0n) is 10.0. The Morgan fingerprint density at radius 3 is 2.39 bits per heavy atom. The number of carbonyl (C=O) groups excluding carboxylic acids is 1. The monoisotopic (exact) mass is 271 g/mol. The summed E-state index contributed by atoms with van der Waals surface area (Å²) in [6.07, 6.45) is 2.87. The summed E-state index contributed by atoms with van der Waals surface area (Å²) >= 11 is 0. The first kappa shape index (κ1) is 14.4. The van der Waals surface area contributed by atoms with Gasteiger partial charge in [0.1, 0.15) is 5.75 Å². The molecule has 1 aromatic carbocycles. The van der Waals surface area contributed by atoms with Gasteiger partial charge >= 0.3 is 13.7 Å². The average molecular weight is 271 g/mol. The molecule has 0 saturated heterocycles. The molecule has 0 saturated carbocycles. The van der Waals surface area contributed by atoms with Gasteiger partial charge in [-0.25, -0.2) is 14.9 Å². The van der Waals surface area contributed by atoms with Crippen LogP contribution >= 0.6 is 7.75 Å². The molecule has 0 aliphatic rings. The zero-order chi connectivity index (χ0) is 13.6. The number of hydrogen-bond donors (Lipinski definition) is 1. The molecule has 0 fully saturated rings. The predicted octanol–water partition coefficient (Wildman–Crippen LogP) is 1.96. The summed E-state index contributed by atoms with van der Waals surface area (Å²) in [6.45, 7) is 0. The Kier molecular flexibility index (Phi) is 5.09. The van der Waals surface area contributed by atoms with Crippen molar-refractivity contribution in [2.75, 3.05) is 14.2 Å². The molecule has 0 unspecified atom stereocenters. The van der Waals surface area contributed by atoms with Crippen LogP contribution in [0.1, 0.15) is 5.56 Å². The van der Waals surface area contributed by atoms with Crippen molar-refractivity contribution in [2.45, 2.75) is 0 Å². The van der Waals surface area contributed by atoms with E-state index in [1.54, 1.807) is 30.3 Å². The highest BCUT2D eigenvalue weighted by Gasteiger charge is 2.16. The van der Waals surface area contributed by atoms with Crippen molar-refractivity contribution in [3.05, 3.63) is 35.9 Å². The first-order valence-corrected chi connectivity index (χ1v) is 6.58. The third kappa shape index (κ3) is 4.71. The first-order chi connectivity index (χ1) is 8.46. The molecule has 0 amide bonds. The molecule has 1 atom stereocenters. The van der Waals surface area contributed by atoms with Gasteiger partial charge in [0.2, 0.25) is 0 Å². The largest absolute Gasteiger partial charge is 0.466 e. The Morgan fingerprint density at radius 2 is 1.89 bits per heavy atom. The molecule has 98 valence electrons. The number of benzene rings is 1. The van der Waals surface area contributed by atoms with Crippen molar-refractivity contribution in [3.63, 3.8) is 0 Å². The van der Waals surface area contributed by atoms with Crippen molar-refractivity contribution in [1.29, 1.82) is 0 Å². The van der Waals surface area contributed by atoms with Gasteiger partial charge in [-0.2, -0.15) is 0 Å². The van der Waals surface area contributed by atoms with Crippen molar-refractivity contribution >= 4 is 19.8 Å². The molecule has 0 aliphatic heterocycles. The van der Waals surface area contributed by atoms with Gasteiger partial charge in [-0.05, 0) is 23.8 Å². The quantitative estimate of drug-likeness (QED) is 0.500. The number of esters is 1. The summed E-state index contributed by atoms with van der Waals surface area (Å²) in [7, 11) is -1.04. The molecule has 0 aromatic heterocycles. The van der Waals surface area contributed by atoms with E-state index in [-0.39, 0.29) is 0 Å². The molecule has 18 heavy (non-hydrogen) atoms. The van der Waals surface area contributed by atoms with E-state index in [0.29, 0.717) is 5.75 Å². The summed E-state index contributed by atoms with van der Waals surface area (Å²) in [5.74, 6) is -0.126. The lowest BCUT2D eigenvalue weighted by atomic mass is 10.2. The number of ether oxygens (including phenoxy) is 1. The third-order valence-corrected chi connectivity index (χ3v) is 2.95. The SMILES string of the molecule is COC(=O)C=Cc1ccc(O[P@](N)(=O)OC)cc1. The van der Waals surface area contributed by atoms with Crippen LogP contribution in [-0.4, -0.2) is 20.2 Å². The molecule has 0 spiro atoms. The predicted molar refractivity (Wildman–Crippen MR) is 66.9 cm³/mol. The van der Waals surface area contributed by atoms with Crippen LogP contribution < -0.4 is 10.0 Å². The van der Waals surface area contributed by atoms with Crippen LogP contribution in [0.2, 0.25) is 0 Å². The van der Waals surface area contributed by atoms with Crippen molar-refractivity contribution in [1.82, 2.24) is 0 Å². The molecule has 0 bridgehead atoms. The van der Waals surface area contributed by atoms with Crippen LogP contribution in [0.5, 0.6) is 5.75 Å². The maximum absolute atomic E-state index is 11.3. The lowest BCUT2D eigenvalue weighted by Crippen LogP contribution is -2.03. The number of carbonyl (C=O) groups is 1. The molecule has 2 N–H and O–H groups in total. The van der Waals surface area contributed by atoms with Gasteiger partial charge < -0.3 is 9.26 Å². The Morgan fingerprint density at radius 1 is 1.28 bits per heavy atom. The minimum absolute atomic E-state index is 0.318. The lowest BCUT2D eigenvalue weighted by molar-refractivity contribution is -0.134. The normalized spacial score (nSPS) is 14.2. The highest BCUT2D eigenvalue weighted by Crippen LogP contribution is 2.38. The maximum Gasteiger partial charge on any atom is 0.455 e. The Bertz CT molecular complexity index is 483. The Labute approximate surface area is 105 Å². The van der Waals surface area contributed by atoms with E-state index >= 15 is 0 Å². The maximum atomic E-state index is 11.3. The third-order valence-electron chi connectivity index (χ3n) is 1.98. The molecule has 0 heterocycles. The highest BCUT2D eigenvalue weighted by molar-refractivity contribution is 7.51. The Balaban J connectivity index is 2.72. The zero-order valence-corrected chi connectivity index (χ0v) is 10.9. The fourth-order valence-electron chi connectivity index (χ4n) is 1.06. The molecular weight excluding hydrogens is 257 g/mol. The number of nitrogens with two attached hydrogens (primary N) is 1. The van der Waals surface area contributed by atoms with Crippen molar-refractivity contribution in [2.24, 2.45) is 5.50 Å². The van der Waals surface area contributed by atoms with Gasteiger partial charge in [-0.3, -0.25) is 4.52 Å². The molecule has 1 rings (SSSR count). The molecular formula is C11H14NO5P. The van der Waals surface area contributed by atoms with Crippen LogP contribution in [0.4, 0.5) is 0 Å². The van der Waals surface area contributed by atoms with E-state index in [0.717, 1.165) is 5.56 Å². The van der Waals surface area contributed by atoms with E-state index in [4.69, 9.17) is 10.0 Å². The van der Waals surface area contributed by atoms with Crippen LogP contribution in [0, 0.1) is 0 Å². The van der Waals surface area contributed by atoms with E-state index in [1.165, 1.54) is 20.3 Å². The second-order valence-corrected chi connectivity index (χ2v) is 4.87. The minimum atomic E-state index is -3.54. The molecule has 7 heteroatoms. The topological polar surface area (TPSA) is 87.9 Å². The van der Waals surface area contributed by atoms with Gasteiger partial charge in [0.05, 0.1) is 7.11 Å². The number of methoxy groups -OCH3 is 1. The van der Waals surface area contributed by atoms with E-state index in [2.05, 4.69) is 9.26 Å². The van der Waals surface area contributed by atoms with Gasteiger partial charge in [-0.15, -0.1) is 0 Å². The highest BCUT2D eigenvalue weighted by atomic mass is 31.2. The average Bonchev–Trinajstić information content (AvgIpc) is 2.37. The fraction of sp³-hybridized carbons (Fsp3) is 0.182. The Hall–Kier alpha value is -1.62. The van der Waals surface area contributed by atoms with E-state index in [9.17, 15) is 9.36 Å².